The molecule has 1 N–H and O–H groups in total. The first kappa shape index (κ1) is 16.7. The number of para-hydroxylation sites is 1. The number of amides is 1. The van der Waals surface area contributed by atoms with Crippen molar-refractivity contribution >= 4 is 17.5 Å². The maximum absolute atomic E-state index is 12.2. The van der Waals surface area contributed by atoms with Crippen LogP contribution in [-0.4, -0.2) is 26.7 Å². The second-order valence-electron chi connectivity index (χ2n) is 4.53. The lowest BCUT2D eigenvalue weighted by Gasteiger charge is -2.08. The summed E-state index contributed by atoms with van der Waals surface area (Å²) >= 11 is 5.92. The summed E-state index contributed by atoms with van der Waals surface area (Å²) in [5, 5.41) is 3.19. The van der Waals surface area contributed by atoms with E-state index in [2.05, 4.69) is 17.2 Å². The first-order valence-corrected chi connectivity index (χ1v) is 7.27. The van der Waals surface area contributed by atoms with Gasteiger partial charge in [0.15, 0.2) is 0 Å². The quantitative estimate of drug-likeness (QED) is 0.877. The molecule has 0 radical (unpaired) electrons. The van der Waals surface area contributed by atoms with Crippen LogP contribution < -0.4 is 14.8 Å². The van der Waals surface area contributed by atoms with Crippen LogP contribution in [-0.2, 0) is 0 Å². The van der Waals surface area contributed by atoms with Gasteiger partial charge in [0.2, 0.25) is 0 Å². The van der Waals surface area contributed by atoms with E-state index < -0.39 is 0 Å². The van der Waals surface area contributed by atoms with E-state index in [1.807, 2.05) is 24.3 Å². The van der Waals surface area contributed by atoms with Crippen molar-refractivity contribution < 1.29 is 14.3 Å². The van der Waals surface area contributed by atoms with Crippen molar-refractivity contribution in [2.45, 2.75) is 0 Å². The van der Waals surface area contributed by atoms with E-state index in [0.717, 1.165) is 5.56 Å². The number of nitrogens with one attached hydrogen (secondary N) is 1. The molecule has 0 aliphatic heterocycles. The number of methoxy groups -OCH3 is 2. The smallest absolute Gasteiger partial charge is 0.255 e. The topological polar surface area (TPSA) is 47.6 Å². The van der Waals surface area contributed by atoms with Crippen LogP contribution >= 0.6 is 11.6 Å². The fourth-order valence-electron chi connectivity index (χ4n) is 1.96. The van der Waals surface area contributed by atoms with Crippen LogP contribution in [0.4, 0.5) is 0 Å². The largest absolute Gasteiger partial charge is 0.496 e. The van der Waals surface area contributed by atoms with Crippen molar-refractivity contribution in [3.63, 3.8) is 0 Å². The number of carbonyl (C=O) groups is 1. The molecule has 0 aromatic heterocycles. The molecule has 5 heteroatoms. The fraction of sp³-hybridized carbons (Fsp3) is 0.167. The van der Waals surface area contributed by atoms with Gasteiger partial charge in [0.1, 0.15) is 11.5 Å². The Morgan fingerprint density at radius 2 is 1.87 bits per heavy atom. The zero-order chi connectivity index (χ0) is 16.7. The fourth-order valence-corrected chi connectivity index (χ4v) is 2.14. The van der Waals surface area contributed by atoms with Crippen LogP contribution in [0.2, 0.25) is 5.02 Å². The second kappa shape index (κ2) is 8.11. The Kier molecular flexibility index (Phi) is 5.90. The number of benzene rings is 2. The third-order valence-electron chi connectivity index (χ3n) is 3.07. The summed E-state index contributed by atoms with van der Waals surface area (Å²) in [6.45, 7) is 0.201. The van der Waals surface area contributed by atoms with Gasteiger partial charge in [-0.2, -0.15) is 0 Å². The highest BCUT2D eigenvalue weighted by Crippen LogP contribution is 2.22. The average Bonchev–Trinajstić information content (AvgIpc) is 2.58. The zero-order valence-corrected chi connectivity index (χ0v) is 13.6. The normalized spacial score (nSPS) is 9.52. The van der Waals surface area contributed by atoms with Gasteiger partial charge in [0, 0.05) is 5.02 Å². The van der Waals surface area contributed by atoms with Crippen LogP contribution in [0.15, 0.2) is 42.5 Å². The standard InChI is InChI=1S/C18H16ClNO3/c1-22-16-8-4-3-6-13(16)7-5-11-20-18(21)15-12-14(19)9-10-17(15)23-2/h3-4,6,8-10,12H,11H2,1-2H3,(H,20,21). The maximum Gasteiger partial charge on any atom is 0.255 e. The average molecular weight is 330 g/mol. The lowest BCUT2D eigenvalue weighted by atomic mass is 10.2. The van der Waals surface area contributed by atoms with E-state index in [4.69, 9.17) is 21.1 Å². The Morgan fingerprint density at radius 1 is 1.13 bits per heavy atom. The molecule has 0 saturated carbocycles. The van der Waals surface area contributed by atoms with Gasteiger partial charge in [-0.1, -0.05) is 35.6 Å². The van der Waals surface area contributed by atoms with Crippen LogP contribution in [0.5, 0.6) is 11.5 Å². The van der Waals surface area contributed by atoms with Crippen LogP contribution in [0.3, 0.4) is 0 Å². The molecule has 0 atom stereocenters. The van der Waals surface area contributed by atoms with Crippen molar-refractivity contribution in [3.8, 4) is 23.3 Å². The van der Waals surface area contributed by atoms with Gasteiger partial charge in [-0.15, -0.1) is 0 Å². The van der Waals surface area contributed by atoms with Crippen LogP contribution in [0.1, 0.15) is 15.9 Å². The summed E-state index contributed by atoms with van der Waals surface area (Å²) in [7, 11) is 3.09. The Bertz CT molecular complexity index is 762. The van der Waals surface area contributed by atoms with E-state index in [0.29, 0.717) is 22.1 Å². The molecular formula is C18H16ClNO3. The highest BCUT2D eigenvalue weighted by molar-refractivity contribution is 6.31. The molecule has 4 nitrogen and oxygen atoms in total. The number of rotatable bonds is 4. The lowest BCUT2D eigenvalue weighted by molar-refractivity contribution is 0.0955. The van der Waals surface area contributed by atoms with Gasteiger partial charge in [0.05, 0.1) is 31.9 Å². The Morgan fingerprint density at radius 3 is 2.61 bits per heavy atom. The number of hydrogen-bond donors (Lipinski definition) is 1. The minimum absolute atomic E-state index is 0.201. The second-order valence-corrected chi connectivity index (χ2v) is 4.97. The molecule has 0 saturated heterocycles. The number of ether oxygens (including phenoxy) is 2. The van der Waals surface area contributed by atoms with E-state index >= 15 is 0 Å². The first-order valence-electron chi connectivity index (χ1n) is 6.89. The number of halogens is 1. The molecule has 2 rings (SSSR count). The van der Waals surface area contributed by atoms with Crippen molar-refractivity contribution in [2.75, 3.05) is 20.8 Å². The molecule has 2 aromatic rings. The molecule has 0 heterocycles. The highest BCUT2D eigenvalue weighted by atomic mass is 35.5. The van der Waals surface area contributed by atoms with Crippen LogP contribution in [0.25, 0.3) is 0 Å². The molecular weight excluding hydrogens is 314 g/mol. The van der Waals surface area contributed by atoms with Gasteiger partial charge in [0.25, 0.3) is 5.91 Å². The Hall–Kier alpha value is -2.64. The Labute approximate surface area is 140 Å². The number of hydrogen-bond acceptors (Lipinski definition) is 3. The predicted octanol–water partition coefficient (Wildman–Crippen LogP) is 3.14. The van der Waals surface area contributed by atoms with E-state index in [1.165, 1.54) is 7.11 Å². The van der Waals surface area contributed by atoms with Crippen molar-refractivity contribution in [1.82, 2.24) is 5.32 Å². The molecule has 1 amide bonds. The van der Waals surface area contributed by atoms with Gasteiger partial charge >= 0.3 is 0 Å². The van der Waals surface area contributed by atoms with Crippen molar-refractivity contribution in [1.29, 1.82) is 0 Å². The summed E-state index contributed by atoms with van der Waals surface area (Å²) in [6.07, 6.45) is 0. The molecule has 0 unspecified atom stereocenters. The van der Waals surface area contributed by atoms with Gasteiger partial charge in [-0.05, 0) is 30.3 Å². The predicted molar refractivity (Wildman–Crippen MR) is 90.2 cm³/mol. The van der Waals surface area contributed by atoms with E-state index in [9.17, 15) is 4.79 Å². The lowest BCUT2D eigenvalue weighted by Crippen LogP contribution is -2.24. The van der Waals surface area contributed by atoms with Gasteiger partial charge in [-0.3, -0.25) is 4.79 Å². The molecule has 0 fully saturated rings. The van der Waals surface area contributed by atoms with Gasteiger partial charge in [-0.25, -0.2) is 0 Å². The zero-order valence-electron chi connectivity index (χ0n) is 12.9. The Balaban J connectivity index is 2.04. The molecule has 23 heavy (non-hydrogen) atoms. The monoisotopic (exact) mass is 329 g/mol. The number of carbonyl (C=O) groups excluding carboxylic acids is 1. The van der Waals surface area contributed by atoms with Crippen molar-refractivity contribution in [2.24, 2.45) is 0 Å². The first-order chi connectivity index (χ1) is 11.2. The maximum atomic E-state index is 12.2. The molecule has 0 spiro atoms. The van der Waals surface area contributed by atoms with Gasteiger partial charge < -0.3 is 14.8 Å². The highest BCUT2D eigenvalue weighted by Gasteiger charge is 2.11. The molecule has 118 valence electrons. The SMILES string of the molecule is COc1ccccc1C#CCNC(=O)c1cc(Cl)ccc1OC. The van der Waals surface area contributed by atoms with E-state index in [1.54, 1.807) is 25.3 Å². The third kappa shape index (κ3) is 4.41. The van der Waals surface area contributed by atoms with Crippen molar-refractivity contribution in [3.05, 3.63) is 58.6 Å². The molecule has 0 aliphatic rings. The summed E-state index contributed by atoms with van der Waals surface area (Å²) in [5.74, 6) is 6.72. The summed E-state index contributed by atoms with van der Waals surface area (Å²) in [5.41, 5.74) is 1.14. The minimum Gasteiger partial charge on any atom is -0.496 e. The summed E-state index contributed by atoms with van der Waals surface area (Å²) in [4.78, 5) is 12.2. The molecule has 2 aromatic carbocycles. The minimum atomic E-state index is -0.293. The van der Waals surface area contributed by atoms with Crippen LogP contribution in [0, 0.1) is 11.8 Å². The van der Waals surface area contributed by atoms with E-state index in [-0.39, 0.29) is 12.5 Å². The summed E-state index contributed by atoms with van der Waals surface area (Å²) < 4.78 is 10.4. The third-order valence-corrected chi connectivity index (χ3v) is 3.31. The summed E-state index contributed by atoms with van der Waals surface area (Å²) in [6, 6.07) is 12.3. The molecule has 0 bridgehead atoms. The molecule has 0 aliphatic carbocycles.